The Balaban J connectivity index is 1.63. The number of anilines is 1. The number of nitrogens with one attached hydrogen (secondary N) is 2. The van der Waals surface area contributed by atoms with Crippen molar-refractivity contribution in [2.75, 3.05) is 5.32 Å². The Morgan fingerprint density at radius 2 is 1.81 bits per heavy atom. The highest BCUT2D eigenvalue weighted by Crippen LogP contribution is 2.26. The van der Waals surface area contributed by atoms with E-state index in [9.17, 15) is 9.59 Å². The van der Waals surface area contributed by atoms with Crippen LogP contribution in [0.1, 0.15) is 28.4 Å². The molecule has 27 heavy (non-hydrogen) atoms. The van der Waals surface area contributed by atoms with Gasteiger partial charge in [0.1, 0.15) is 11.0 Å². The van der Waals surface area contributed by atoms with E-state index in [0.717, 1.165) is 21.7 Å². The van der Waals surface area contributed by atoms with E-state index in [1.165, 1.54) is 11.3 Å². The van der Waals surface area contributed by atoms with Gasteiger partial charge in [-0.3, -0.25) is 14.9 Å². The van der Waals surface area contributed by atoms with Crippen molar-refractivity contribution in [1.82, 2.24) is 15.5 Å². The molecule has 0 saturated carbocycles. The van der Waals surface area contributed by atoms with Gasteiger partial charge in [-0.1, -0.05) is 53.3 Å². The van der Waals surface area contributed by atoms with E-state index in [0.29, 0.717) is 10.7 Å². The van der Waals surface area contributed by atoms with Crippen LogP contribution in [0, 0.1) is 13.8 Å². The van der Waals surface area contributed by atoms with Gasteiger partial charge in [0.2, 0.25) is 11.0 Å². The van der Waals surface area contributed by atoms with E-state index in [1.807, 2.05) is 50.2 Å². The highest BCUT2D eigenvalue weighted by atomic mass is 32.1. The lowest BCUT2D eigenvalue weighted by Gasteiger charge is -2.13. The Bertz CT molecular complexity index is 983. The summed E-state index contributed by atoms with van der Waals surface area (Å²) < 4.78 is 0. The lowest BCUT2D eigenvalue weighted by atomic mass is 10.1. The SMILES string of the molecule is Cc1cccc(-c2nnc(NC(=O)[C@H](C)NC(=O)c3ccccc3C)s2)c1. The zero-order valence-electron chi connectivity index (χ0n) is 15.3. The molecule has 3 rings (SSSR count). The molecular formula is C20H20N4O2S. The van der Waals surface area contributed by atoms with E-state index in [2.05, 4.69) is 20.8 Å². The summed E-state index contributed by atoms with van der Waals surface area (Å²) >= 11 is 1.29. The summed E-state index contributed by atoms with van der Waals surface area (Å²) in [4.78, 5) is 24.7. The minimum atomic E-state index is -0.705. The summed E-state index contributed by atoms with van der Waals surface area (Å²) in [6.45, 7) is 5.49. The molecule has 1 aromatic heterocycles. The summed E-state index contributed by atoms with van der Waals surface area (Å²) in [5.74, 6) is -0.627. The van der Waals surface area contributed by atoms with Gasteiger partial charge < -0.3 is 5.32 Å². The van der Waals surface area contributed by atoms with Crippen LogP contribution in [-0.4, -0.2) is 28.1 Å². The molecule has 0 spiro atoms. The first-order valence-corrected chi connectivity index (χ1v) is 9.33. The summed E-state index contributed by atoms with van der Waals surface area (Å²) in [5.41, 5.74) is 3.49. The maximum atomic E-state index is 12.4. The quantitative estimate of drug-likeness (QED) is 0.709. The number of carbonyl (C=O) groups excluding carboxylic acids is 2. The third-order valence-electron chi connectivity index (χ3n) is 4.05. The van der Waals surface area contributed by atoms with Crippen molar-refractivity contribution in [3.63, 3.8) is 0 Å². The number of carbonyl (C=O) groups is 2. The van der Waals surface area contributed by atoms with E-state index >= 15 is 0 Å². The topological polar surface area (TPSA) is 84.0 Å². The number of rotatable bonds is 5. The van der Waals surface area contributed by atoms with Crippen LogP contribution in [-0.2, 0) is 4.79 Å². The molecule has 138 valence electrons. The van der Waals surface area contributed by atoms with Crippen LogP contribution in [0.4, 0.5) is 5.13 Å². The molecular weight excluding hydrogens is 360 g/mol. The molecule has 2 amide bonds. The first-order chi connectivity index (χ1) is 12.9. The molecule has 0 aliphatic rings. The number of hydrogen-bond donors (Lipinski definition) is 2. The summed E-state index contributed by atoms with van der Waals surface area (Å²) in [6, 6.07) is 14.5. The Morgan fingerprint density at radius 1 is 1.04 bits per heavy atom. The van der Waals surface area contributed by atoms with Crippen molar-refractivity contribution < 1.29 is 9.59 Å². The molecule has 3 aromatic rings. The highest BCUT2D eigenvalue weighted by molar-refractivity contribution is 7.18. The number of benzene rings is 2. The third kappa shape index (κ3) is 4.57. The molecule has 0 aliphatic carbocycles. The van der Waals surface area contributed by atoms with Gasteiger partial charge in [-0.05, 0) is 38.5 Å². The van der Waals surface area contributed by atoms with Crippen LogP contribution in [0.5, 0.6) is 0 Å². The van der Waals surface area contributed by atoms with Gasteiger partial charge in [-0.2, -0.15) is 0 Å². The summed E-state index contributed by atoms with van der Waals surface area (Å²) in [7, 11) is 0. The van der Waals surface area contributed by atoms with Gasteiger partial charge in [0.05, 0.1) is 0 Å². The third-order valence-corrected chi connectivity index (χ3v) is 4.94. The Hall–Kier alpha value is -3.06. The summed E-state index contributed by atoms with van der Waals surface area (Å²) in [5, 5.41) is 14.7. The standard InChI is InChI=1S/C20H20N4O2S/c1-12-7-6-9-15(11-12)19-23-24-20(27-19)22-17(25)14(3)21-18(26)16-10-5-4-8-13(16)2/h4-11,14H,1-3H3,(H,21,26)(H,22,24,25)/t14-/m0/s1. The fourth-order valence-electron chi connectivity index (χ4n) is 2.55. The smallest absolute Gasteiger partial charge is 0.252 e. The van der Waals surface area contributed by atoms with Crippen LogP contribution >= 0.6 is 11.3 Å². The van der Waals surface area contributed by atoms with Gasteiger partial charge in [0, 0.05) is 11.1 Å². The molecule has 6 nitrogen and oxygen atoms in total. The average Bonchev–Trinajstić information content (AvgIpc) is 3.10. The van der Waals surface area contributed by atoms with Gasteiger partial charge >= 0.3 is 0 Å². The maximum Gasteiger partial charge on any atom is 0.252 e. The molecule has 0 bridgehead atoms. The van der Waals surface area contributed by atoms with Crippen molar-refractivity contribution in [3.8, 4) is 10.6 Å². The van der Waals surface area contributed by atoms with Crippen LogP contribution in [0.15, 0.2) is 48.5 Å². The number of hydrogen-bond acceptors (Lipinski definition) is 5. The molecule has 2 N–H and O–H groups in total. The molecule has 0 aliphatic heterocycles. The zero-order chi connectivity index (χ0) is 19.4. The Kier molecular flexibility index (Phi) is 5.61. The maximum absolute atomic E-state index is 12.4. The minimum Gasteiger partial charge on any atom is -0.341 e. The van der Waals surface area contributed by atoms with E-state index < -0.39 is 6.04 Å². The molecule has 7 heteroatoms. The van der Waals surface area contributed by atoms with Gasteiger partial charge in [-0.15, -0.1) is 10.2 Å². The predicted molar refractivity (Wildman–Crippen MR) is 107 cm³/mol. The number of aryl methyl sites for hydroxylation is 2. The van der Waals surface area contributed by atoms with Crippen LogP contribution < -0.4 is 10.6 Å². The van der Waals surface area contributed by atoms with Crippen molar-refractivity contribution in [3.05, 3.63) is 65.2 Å². The largest absolute Gasteiger partial charge is 0.341 e. The van der Waals surface area contributed by atoms with Crippen molar-refractivity contribution in [2.24, 2.45) is 0 Å². The molecule has 1 atom stereocenters. The van der Waals surface area contributed by atoms with Crippen LogP contribution in [0.25, 0.3) is 10.6 Å². The fraction of sp³-hybridized carbons (Fsp3) is 0.200. The fourth-order valence-corrected chi connectivity index (χ4v) is 3.29. The van der Waals surface area contributed by atoms with Crippen LogP contribution in [0.3, 0.4) is 0 Å². The zero-order valence-corrected chi connectivity index (χ0v) is 16.1. The summed E-state index contributed by atoms with van der Waals surface area (Å²) in [6.07, 6.45) is 0. The second-order valence-electron chi connectivity index (χ2n) is 6.28. The van der Waals surface area contributed by atoms with Gasteiger partial charge in [0.15, 0.2) is 0 Å². The highest BCUT2D eigenvalue weighted by Gasteiger charge is 2.19. The minimum absolute atomic E-state index is 0.284. The Morgan fingerprint density at radius 3 is 2.56 bits per heavy atom. The van der Waals surface area contributed by atoms with Gasteiger partial charge in [-0.25, -0.2) is 0 Å². The molecule has 2 aromatic carbocycles. The van der Waals surface area contributed by atoms with Crippen molar-refractivity contribution in [1.29, 1.82) is 0 Å². The number of aromatic nitrogens is 2. The first-order valence-electron chi connectivity index (χ1n) is 8.52. The Labute approximate surface area is 161 Å². The molecule has 0 unspecified atom stereocenters. The van der Waals surface area contributed by atoms with Crippen molar-refractivity contribution in [2.45, 2.75) is 26.8 Å². The van der Waals surface area contributed by atoms with Crippen molar-refractivity contribution >= 4 is 28.3 Å². The number of amides is 2. The normalized spacial score (nSPS) is 11.7. The van der Waals surface area contributed by atoms with Crippen LogP contribution in [0.2, 0.25) is 0 Å². The lowest BCUT2D eigenvalue weighted by molar-refractivity contribution is -0.117. The van der Waals surface area contributed by atoms with Gasteiger partial charge in [0.25, 0.3) is 5.91 Å². The first kappa shape index (κ1) is 18.7. The molecule has 0 fully saturated rings. The van der Waals surface area contributed by atoms with E-state index in [-0.39, 0.29) is 11.8 Å². The molecule has 0 radical (unpaired) electrons. The average molecular weight is 380 g/mol. The monoisotopic (exact) mass is 380 g/mol. The lowest BCUT2D eigenvalue weighted by Crippen LogP contribution is -2.41. The molecule has 0 saturated heterocycles. The number of nitrogens with zero attached hydrogens (tertiary/aromatic N) is 2. The predicted octanol–water partition coefficient (Wildman–Crippen LogP) is 3.58. The molecule has 1 heterocycles. The van der Waals surface area contributed by atoms with E-state index in [4.69, 9.17) is 0 Å². The second kappa shape index (κ2) is 8.09. The van der Waals surface area contributed by atoms with E-state index in [1.54, 1.807) is 19.1 Å². The second-order valence-corrected chi connectivity index (χ2v) is 7.26.